The number of anilines is 2. The Labute approximate surface area is 182 Å². The number of ether oxygens (including phenoxy) is 1. The van der Waals surface area contributed by atoms with Gasteiger partial charge in [0.05, 0.1) is 17.4 Å². The molecule has 0 amide bonds. The van der Waals surface area contributed by atoms with Crippen LogP contribution in [0.5, 0.6) is 5.75 Å². The van der Waals surface area contributed by atoms with Crippen molar-refractivity contribution in [1.29, 1.82) is 0 Å². The molecule has 5 heterocycles. The molecule has 9 nitrogen and oxygen atoms in total. The van der Waals surface area contributed by atoms with E-state index in [9.17, 15) is 8.78 Å². The van der Waals surface area contributed by atoms with Crippen molar-refractivity contribution in [3.63, 3.8) is 0 Å². The van der Waals surface area contributed by atoms with E-state index in [1.807, 2.05) is 26.1 Å². The lowest BCUT2D eigenvalue weighted by Gasteiger charge is -2.37. The first-order valence-corrected chi connectivity index (χ1v) is 10.2. The van der Waals surface area contributed by atoms with Crippen LogP contribution in [0.4, 0.5) is 20.4 Å². The second-order valence-corrected chi connectivity index (χ2v) is 7.81. The van der Waals surface area contributed by atoms with Gasteiger partial charge >= 0.3 is 6.55 Å². The summed E-state index contributed by atoms with van der Waals surface area (Å²) in [5.41, 5.74) is 2.34. The van der Waals surface area contributed by atoms with E-state index in [-0.39, 0.29) is 11.7 Å². The maximum atomic E-state index is 13.6. The van der Waals surface area contributed by atoms with Gasteiger partial charge in [-0.3, -0.25) is 4.90 Å². The van der Waals surface area contributed by atoms with Gasteiger partial charge in [-0.25, -0.2) is 4.52 Å². The Hall–Kier alpha value is -3.60. The summed E-state index contributed by atoms with van der Waals surface area (Å²) in [6.07, 6.45) is 4.09. The number of nitrogens with zero attached hydrogens (tertiary/aromatic N) is 7. The summed E-state index contributed by atoms with van der Waals surface area (Å²) in [7, 11) is 2.02. The summed E-state index contributed by atoms with van der Waals surface area (Å²) in [4.78, 5) is 2.17. The van der Waals surface area contributed by atoms with Crippen LogP contribution in [0, 0.1) is 6.92 Å². The fourth-order valence-electron chi connectivity index (χ4n) is 3.64. The number of fused-ring (bicyclic) bond motifs is 1. The molecule has 4 aromatic rings. The average molecular weight is 440 g/mol. The van der Waals surface area contributed by atoms with Crippen LogP contribution in [0.3, 0.4) is 0 Å². The van der Waals surface area contributed by atoms with Gasteiger partial charge in [-0.1, -0.05) is 0 Å². The van der Waals surface area contributed by atoms with Gasteiger partial charge in [0.2, 0.25) is 0 Å². The summed E-state index contributed by atoms with van der Waals surface area (Å²) in [5.74, 6) is 1.46. The minimum absolute atomic E-state index is 0.240. The first-order chi connectivity index (χ1) is 15.5. The number of alkyl halides is 2. The number of aromatic nitrogens is 6. The topological polar surface area (TPSA) is 85.4 Å². The molecule has 0 aromatic carbocycles. The van der Waals surface area contributed by atoms with Crippen LogP contribution in [0.25, 0.3) is 16.8 Å². The molecule has 0 unspecified atom stereocenters. The number of nitrogens with one attached hydrogen (secondary N) is 1. The van der Waals surface area contributed by atoms with E-state index in [0.29, 0.717) is 34.2 Å². The minimum atomic E-state index is -2.78. The van der Waals surface area contributed by atoms with Crippen molar-refractivity contribution in [2.24, 2.45) is 0 Å². The second kappa shape index (κ2) is 8.15. The predicted octanol–water partition coefficient (Wildman–Crippen LogP) is 3.52. The molecule has 1 fully saturated rings. The van der Waals surface area contributed by atoms with Crippen molar-refractivity contribution in [3.05, 3.63) is 48.4 Å². The highest BCUT2D eigenvalue weighted by Gasteiger charge is 2.26. The maximum Gasteiger partial charge on any atom is 0.333 e. The summed E-state index contributed by atoms with van der Waals surface area (Å²) in [5, 5.41) is 19.5. The predicted molar refractivity (Wildman–Crippen MR) is 114 cm³/mol. The maximum absolute atomic E-state index is 13.6. The summed E-state index contributed by atoms with van der Waals surface area (Å²) in [6.45, 7) is 0.515. The monoisotopic (exact) mass is 440 g/mol. The van der Waals surface area contributed by atoms with Crippen LogP contribution in [0.2, 0.25) is 0 Å². The molecule has 0 aliphatic carbocycles. The molecule has 32 heavy (non-hydrogen) atoms. The standard InChI is InChI=1S/C21H22F2N8O/c1-13-3-4-18(27-26-13)25-19-10-16-9-14(5-8-30(16)28-19)20-17(11-24-31(20)21(22)23)32-12-15-6-7-29(15)2/h3-5,8-11,15,21H,6-7,12H2,1-2H3,(H,25,27,28)/t15-/m1/s1. The van der Waals surface area contributed by atoms with E-state index >= 15 is 0 Å². The number of hydrogen-bond acceptors (Lipinski definition) is 7. The third-order valence-electron chi connectivity index (χ3n) is 5.61. The Morgan fingerprint density at radius 1 is 1.19 bits per heavy atom. The average Bonchev–Trinajstić information content (AvgIpc) is 3.37. The first kappa shape index (κ1) is 20.3. The molecular formula is C21H22F2N8O. The van der Waals surface area contributed by atoms with Crippen molar-refractivity contribution in [2.45, 2.75) is 25.9 Å². The molecule has 5 rings (SSSR count). The lowest BCUT2D eigenvalue weighted by Crippen LogP contribution is -2.48. The first-order valence-electron chi connectivity index (χ1n) is 10.2. The zero-order valence-electron chi connectivity index (χ0n) is 17.6. The second-order valence-electron chi connectivity index (χ2n) is 7.81. The van der Waals surface area contributed by atoms with Crippen LogP contribution >= 0.6 is 0 Å². The van der Waals surface area contributed by atoms with Gasteiger partial charge in [0, 0.05) is 23.9 Å². The van der Waals surface area contributed by atoms with E-state index in [0.717, 1.165) is 24.2 Å². The number of halogens is 2. The Kier molecular flexibility index (Phi) is 5.17. The Balaban J connectivity index is 1.44. The smallest absolute Gasteiger partial charge is 0.333 e. The normalized spacial score (nSPS) is 16.5. The van der Waals surface area contributed by atoms with Crippen molar-refractivity contribution < 1.29 is 13.5 Å². The molecule has 166 valence electrons. The highest BCUT2D eigenvalue weighted by atomic mass is 19.3. The van der Waals surface area contributed by atoms with Gasteiger partial charge in [-0.2, -0.15) is 28.8 Å². The molecule has 0 saturated carbocycles. The molecule has 0 bridgehead atoms. The third kappa shape index (κ3) is 3.86. The lowest BCUT2D eigenvalue weighted by molar-refractivity contribution is 0.0576. The number of likely N-dealkylation sites (tertiary alicyclic amines) is 1. The van der Waals surface area contributed by atoms with Gasteiger partial charge in [0.15, 0.2) is 17.4 Å². The Morgan fingerprint density at radius 3 is 2.75 bits per heavy atom. The van der Waals surface area contributed by atoms with Crippen LogP contribution in [-0.4, -0.2) is 60.7 Å². The number of hydrogen-bond donors (Lipinski definition) is 1. The number of pyridine rings is 1. The largest absolute Gasteiger partial charge is 0.488 e. The third-order valence-corrected chi connectivity index (χ3v) is 5.61. The quantitative estimate of drug-likeness (QED) is 0.471. The lowest BCUT2D eigenvalue weighted by atomic mass is 10.1. The van der Waals surface area contributed by atoms with E-state index in [1.54, 1.807) is 28.9 Å². The zero-order valence-corrected chi connectivity index (χ0v) is 17.6. The van der Waals surface area contributed by atoms with Crippen molar-refractivity contribution in [2.75, 3.05) is 25.5 Å². The number of rotatable bonds is 7. The number of likely N-dealkylation sites (N-methyl/N-ethyl adjacent to an activating group) is 1. The Morgan fingerprint density at radius 2 is 2.06 bits per heavy atom. The van der Waals surface area contributed by atoms with Crippen molar-refractivity contribution >= 4 is 17.2 Å². The fourth-order valence-corrected chi connectivity index (χ4v) is 3.64. The summed E-state index contributed by atoms with van der Waals surface area (Å²) >= 11 is 0. The van der Waals surface area contributed by atoms with E-state index in [2.05, 4.69) is 30.6 Å². The molecule has 1 saturated heterocycles. The van der Waals surface area contributed by atoms with Crippen molar-refractivity contribution in [1.82, 2.24) is 34.5 Å². The van der Waals surface area contributed by atoms with E-state index in [1.165, 1.54) is 6.20 Å². The van der Waals surface area contributed by atoms with E-state index < -0.39 is 6.55 Å². The summed E-state index contributed by atoms with van der Waals surface area (Å²) in [6, 6.07) is 9.23. The zero-order chi connectivity index (χ0) is 22.2. The fraction of sp³-hybridized carbons (Fsp3) is 0.333. The molecule has 1 atom stereocenters. The highest BCUT2D eigenvalue weighted by molar-refractivity contribution is 5.72. The van der Waals surface area contributed by atoms with Gasteiger partial charge in [-0.05, 0) is 51.2 Å². The van der Waals surface area contributed by atoms with Crippen LogP contribution in [0.1, 0.15) is 18.7 Å². The van der Waals surface area contributed by atoms with Gasteiger partial charge in [-0.15, -0.1) is 5.10 Å². The molecule has 1 N–H and O–H groups in total. The van der Waals surface area contributed by atoms with Gasteiger partial charge < -0.3 is 10.1 Å². The molecule has 1 aliphatic rings. The van der Waals surface area contributed by atoms with E-state index in [4.69, 9.17) is 4.74 Å². The highest BCUT2D eigenvalue weighted by Crippen LogP contribution is 2.34. The van der Waals surface area contributed by atoms with Gasteiger partial charge in [0.1, 0.15) is 12.3 Å². The molecule has 1 aliphatic heterocycles. The van der Waals surface area contributed by atoms with Crippen LogP contribution < -0.4 is 10.1 Å². The minimum Gasteiger partial charge on any atom is -0.488 e. The molecule has 0 spiro atoms. The van der Waals surface area contributed by atoms with Gasteiger partial charge in [0.25, 0.3) is 0 Å². The van der Waals surface area contributed by atoms with Crippen LogP contribution in [-0.2, 0) is 0 Å². The molecule has 0 radical (unpaired) electrons. The summed E-state index contributed by atoms with van der Waals surface area (Å²) < 4.78 is 35.5. The SMILES string of the molecule is Cc1ccc(Nc2cc3cc(-c4c(OC[C@H]5CCN5C)cnn4C(F)F)ccn3n2)nn1. The Bertz CT molecular complexity index is 1240. The molecule has 4 aromatic heterocycles. The van der Waals surface area contributed by atoms with Crippen molar-refractivity contribution in [3.8, 4) is 17.0 Å². The molecule has 11 heteroatoms. The van der Waals surface area contributed by atoms with Crippen LogP contribution in [0.15, 0.2) is 42.7 Å². The molecular weight excluding hydrogens is 418 g/mol. The number of aryl methyl sites for hydroxylation is 1.